The number of aromatic nitrogens is 3. The number of rotatable bonds is 4. The van der Waals surface area contributed by atoms with Crippen molar-refractivity contribution in [1.82, 2.24) is 14.8 Å². The molecule has 0 aliphatic carbocycles. The second-order valence-corrected chi connectivity index (χ2v) is 7.02. The lowest BCUT2D eigenvalue weighted by atomic mass is 10.1. The third-order valence-corrected chi connectivity index (χ3v) is 4.89. The zero-order chi connectivity index (χ0) is 24.2. The molecule has 1 aliphatic heterocycles. The van der Waals surface area contributed by atoms with Crippen LogP contribution in [-0.2, 0) is 12.5 Å². The van der Waals surface area contributed by atoms with Crippen LogP contribution in [0.1, 0.15) is 52.9 Å². The van der Waals surface area contributed by atoms with Crippen molar-refractivity contribution in [2.75, 3.05) is 16.8 Å². The van der Waals surface area contributed by atoms with E-state index in [2.05, 4.69) is 15.4 Å². The number of nitrogens with one attached hydrogen (secondary N) is 1. The quantitative estimate of drug-likeness (QED) is 0.639. The number of hydrogen-bond acceptors (Lipinski definition) is 5. The third-order valence-electron chi connectivity index (χ3n) is 4.89. The van der Waals surface area contributed by atoms with E-state index in [1.807, 2.05) is 19.9 Å². The van der Waals surface area contributed by atoms with Crippen molar-refractivity contribution in [1.29, 1.82) is 5.26 Å². The van der Waals surface area contributed by atoms with Crippen LogP contribution in [0.25, 0.3) is 0 Å². The Morgan fingerprint density at radius 1 is 1.18 bits per heavy atom. The minimum Gasteiger partial charge on any atom is -0.322 e. The number of carbonyl (C=O) groups excluding carboxylic acids is 2. The average molecular weight is 452 g/mol. The molecule has 1 N–H and O–H groups in total. The number of fused-ring (bicyclic) bond motifs is 1. The van der Waals surface area contributed by atoms with Gasteiger partial charge < -0.3 is 10.2 Å². The van der Waals surface area contributed by atoms with Crippen molar-refractivity contribution < 1.29 is 18.4 Å². The van der Waals surface area contributed by atoms with Crippen LogP contribution in [0.15, 0.2) is 48.8 Å². The summed E-state index contributed by atoms with van der Waals surface area (Å²) >= 11 is 0. The second kappa shape index (κ2) is 9.56. The van der Waals surface area contributed by atoms with Crippen molar-refractivity contribution in [3.8, 4) is 6.07 Å². The van der Waals surface area contributed by atoms with Crippen molar-refractivity contribution in [2.45, 2.75) is 33.2 Å². The number of anilines is 2. The number of carbonyl (C=O) groups is 2. The number of nitriles is 1. The molecule has 0 unspecified atom stereocenters. The number of halogens is 2. The van der Waals surface area contributed by atoms with E-state index in [4.69, 9.17) is 5.26 Å². The van der Waals surface area contributed by atoms with E-state index < -0.39 is 17.7 Å². The number of hydrogen-bond donors (Lipinski definition) is 1. The summed E-state index contributed by atoms with van der Waals surface area (Å²) in [5.41, 5.74) is 0.959. The number of pyridine rings is 1. The fraction of sp³-hybridized carbons (Fsp3) is 0.261. The fourth-order valence-corrected chi connectivity index (χ4v) is 3.32. The summed E-state index contributed by atoms with van der Waals surface area (Å²) in [6.45, 7) is 5.43. The molecule has 10 heteroatoms. The molecule has 0 spiro atoms. The molecule has 1 aromatic carbocycles. The van der Waals surface area contributed by atoms with Crippen LogP contribution in [-0.4, -0.2) is 33.1 Å². The molecular weight excluding hydrogens is 430 g/mol. The van der Waals surface area contributed by atoms with Gasteiger partial charge in [0.2, 0.25) is 0 Å². The maximum Gasteiger partial charge on any atom is 0.277 e. The second-order valence-electron chi connectivity index (χ2n) is 7.02. The number of alkyl halides is 2. The average Bonchev–Trinajstić information content (AvgIpc) is 3.26. The Labute approximate surface area is 189 Å². The number of benzene rings is 1. The van der Waals surface area contributed by atoms with Crippen LogP contribution in [0, 0.1) is 11.3 Å². The standard InChI is InChI=1S/C21H16F2N6O2.C2H6/c1-21(22,23)13-2-4-16(5-3-13)28-8-9-29-18(20(28)31)17(12-26-29)19(30)27-14-6-7-25-15(10-14)11-24;1-2/h2-7,10,12H,8-9H2,1H3,(H,25,27,30);1-2H3. The smallest absolute Gasteiger partial charge is 0.277 e. The molecule has 0 bridgehead atoms. The SMILES string of the molecule is CC.CC(F)(F)c1ccc(N2CCn3ncc(C(=O)Nc4ccnc(C#N)c4)c3C2=O)cc1. The fourth-order valence-electron chi connectivity index (χ4n) is 3.32. The minimum atomic E-state index is -2.98. The lowest BCUT2D eigenvalue weighted by Gasteiger charge is -2.28. The Hall–Kier alpha value is -4.13. The molecule has 8 nitrogen and oxygen atoms in total. The van der Waals surface area contributed by atoms with Gasteiger partial charge in [0.15, 0.2) is 0 Å². The molecular formula is C23H22F2N6O2. The van der Waals surface area contributed by atoms with Gasteiger partial charge in [-0.15, -0.1) is 0 Å². The highest BCUT2D eigenvalue weighted by Gasteiger charge is 2.32. The number of amides is 2. The van der Waals surface area contributed by atoms with Crippen molar-refractivity contribution in [3.63, 3.8) is 0 Å². The van der Waals surface area contributed by atoms with Gasteiger partial charge >= 0.3 is 0 Å². The molecule has 0 saturated heterocycles. The van der Waals surface area contributed by atoms with Gasteiger partial charge in [-0.2, -0.15) is 10.4 Å². The first kappa shape index (κ1) is 23.5. The van der Waals surface area contributed by atoms with Crippen molar-refractivity contribution in [2.24, 2.45) is 0 Å². The molecule has 2 amide bonds. The van der Waals surface area contributed by atoms with E-state index in [1.54, 1.807) is 0 Å². The van der Waals surface area contributed by atoms with Gasteiger partial charge in [-0.05, 0) is 24.3 Å². The molecule has 4 rings (SSSR count). The highest BCUT2D eigenvalue weighted by Crippen LogP contribution is 2.30. The van der Waals surface area contributed by atoms with Gasteiger partial charge in [0.05, 0.1) is 18.3 Å². The van der Waals surface area contributed by atoms with Crippen LogP contribution in [0.2, 0.25) is 0 Å². The van der Waals surface area contributed by atoms with Gasteiger partial charge in [0.25, 0.3) is 17.7 Å². The van der Waals surface area contributed by atoms with Crippen LogP contribution in [0.4, 0.5) is 20.2 Å². The predicted octanol–water partition coefficient (Wildman–Crippen LogP) is 4.20. The topological polar surface area (TPSA) is 104 Å². The van der Waals surface area contributed by atoms with Crippen LogP contribution < -0.4 is 10.2 Å². The highest BCUT2D eigenvalue weighted by atomic mass is 19.3. The van der Waals surface area contributed by atoms with Gasteiger partial charge in [-0.1, -0.05) is 26.0 Å². The predicted molar refractivity (Wildman–Crippen MR) is 118 cm³/mol. The maximum atomic E-state index is 13.5. The Morgan fingerprint density at radius 3 is 2.52 bits per heavy atom. The summed E-state index contributed by atoms with van der Waals surface area (Å²) in [4.78, 5) is 31.2. The molecule has 1 aliphatic rings. The summed E-state index contributed by atoms with van der Waals surface area (Å²) in [5, 5.41) is 15.7. The summed E-state index contributed by atoms with van der Waals surface area (Å²) < 4.78 is 28.4. The molecule has 2 aromatic heterocycles. The zero-order valence-electron chi connectivity index (χ0n) is 18.3. The first-order chi connectivity index (χ1) is 15.8. The molecule has 0 fully saturated rings. The Bertz CT molecular complexity index is 1210. The van der Waals surface area contributed by atoms with Gasteiger partial charge in [0.1, 0.15) is 17.5 Å². The zero-order valence-corrected chi connectivity index (χ0v) is 18.3. The van der Waals surface area contributed by atoms with E-state index in [0.717, 1.165) is 6.92 Å². The third kappa shape index (κ3) is 4.87. The lowest BCUT2D eigenvalue weighted by molar-refractivity contribution is 0.0175. The number of nitrogens with zero attached hydrogens (tertiary/aromatic N) is 5. The first-order valence-electron chi connectivity index (χ1n) is 10.3. The first-order valence-corrected chi connectivity index (χ1v) is 10.3. The van der Waals surface area contributed by atoms with Crippen molar-refractivity contribution >= 4 is 23.2 Å². The molecule has 170 valence electrons. The Balaban J connectivity index is 0.00000149. The molecule has 3 heterocycles. The Kier molecular flexibility index (Phi) is 6.82. The van der Waals surface area contributed by atoms with Crippen molar-refractivity contribution in [3.05, 3.63) is 71.3 Å². The van der Waals surface area contributed by atoms with E-state index >= 15 is 0 Å². The van der Waals surface area contributed by atoms with Gasteiger partial charge in [0, 0.05) is 36.6 Å². The summed E-state index contributed by atoms with van der Waals surface area (Å²) in [6.07, 6.45) is 2.69. The molecule has 33 heavy (non-hydrogen) atoms. The van der Waals surface area contributed by atoms with Crippen LogP contribution in [0.3, 0.4) is 0 Å². The summed E-state index contributed by atoms with van der Waals surface area (Å²) in [7, 11) is 0. The van der Waals surface area contributed by atoms with Crippen LogP contribution in [0.5, 0.6) is 0 Å². The van der Waals surface area contributed by atoms with E-state index in [1.165, 1.54) is 58.4 Å². The van der Waals surface area contributed by atoms with Crippen LogP contribution >= 0.6 is 0 Å². The van der Waals surface area contributed by atoms with E-state index in [0.29, 0.717) is 17.9 Å². The normalized spacial score (nSPS) is 12.8. The lowest BCUT2D eigenvalue weighted by Crippen LogP contribution is -2.41. The monoisotopic (exact) mass is 452 g/mol. The molecule has 0 atom stereocenters. The maximum absolute atomic E-state index is 13.5. The molecule has 0 saturated carbocycles. The van der Waals surface area contributed by atoms with Gasteiger partial charge in [-0.25, -0.2) is 13.8 Å². The van der Waals surface area contributed by atoms with Gasteiger partial charge in [-0.3, -0.25) is 14.3 Å². The molecule has 0 radical (unpaired) electrons. The summed E-state index contributed by atoms with van der Waals surface area (Å²) in [6, 6.07) is 10.3. The summed E-state index contributed by atoms with van der Waals surface area (Å²) in [5.74, 6) is -4.00. The largest absolute Gasteiger partial charge is 0.322 e. The van der Waals surface area contributed by atoms with E-state index in [-0.39, 0.29) is 29.1 Å². The van der Waals surface area contributed by atoms with E-state index in [9.17, 15) is 18.4 Å². The highest BCUT2D eigenvalue weighted by molar-refractivity contribution is 6.15. The Morgan fingerprint density at radius 2 is 1.88 bits per heavy atom. The molecule has 3 aromatic rings. The minimum absolute atomic E-state index is 0.0710.